The van der Waals surface area contributed by atoms with Crippen molar-refractivity contribution in [2.24, 2.45) is 0 Å². The van der Waals surface area contributed by atoms with Crippen LogP contribution in [0.2, 0.25) is 0 Å². The predicted molar refractivity (Wildman–Crippen MR) is 99.1 cm³/mol. The van der Waals surface area contributed by atoms with Crippen molar-refractivity contribution in [3.63, 3.8) is 0 Å². The van der Waals surface area contributed by atoms with Crippen LogP contribution in [-0.2, 0) is 20.4 Å². The number of benzene rings is 2. The van der Waals surface area contributed by atoms with Crippen molar-refractivity contribution in [3.8, 4) is 0 Å². The Morgan fingerprint density at radius 2 is 1.87 bits per heavy atom. The number of halogens is 2. The fraction of sp³-hybridized carbons (Fsp3) is 0.188. The summed E-state index contributed by atoms with van der Waals surface area (Å²) < 4.78 is 26.0. The first-order chi connectivity index (χ1) is 10.7. The van der Waals surface area contributed by atoms with Gasteiger partial charge in [-0.25, -0.2) is 8.42 Å². The van der Waals surface area contributed by atoms with Gasteiger partial charge in [0.25, 0.3) is 0 Å². The van der Waals surface area contributed by atoms with Crippen molar-refractivity contribution in [1.82, 2.24) is 0 Å². The molecule has 0 spiro atoms. The van der Waals surface area contributed by atoms with Gasteiger partial charge in [-0.1, -0.05) is 50.1 Å². The van der Waals surface area contributed by atoms with E-state index in [-0.39, 0.29) is 5.75 Å². The summed E-state index contributed by atoms with van der Waals surface area (Å²) in [5.41, 5.74) is 2.24. The number of sulfone groups is 1. The van der Waals surface area contributed by atoms with Gasteiger partial charge in [-0.05, 0) is 42.3 Å². The van der Waals surface area contributed by atoms with Gasteiger partial charge in [0.15, 0.2) is 9.84 Å². The van der Waals surface area contributed by atoms with Crippen LogP contribution < -0.4 is 5.32 Å². The molecule has 0 saturated heterocycles. The number of amides is 1. The van der Waals surface area contributed by atoms with Crippen molar-refractivity contribution in [1.29, 1.82) is 0 Å². The highest BCUT2D eigenvalue weighted by molar-refractivity contribution is 9.10. The lowest BCUT2D eigenvalue weighted by Crippen LogP contribution is -2.24. The second kappa shape index (κ2) is 7.59. The number of nitrogens with one attached hydrogen (secondary N) is 1. The molecule has 2 aromatic rings. The summed E-state index contributed by atoms with van der Waals surface area (Å²) in [5, 5.41) is 2.61. The molecule has 0 aliphatic heterocycles. The lowest BCUT2D eigenvalue weighted by Gasteiger charge is -2.08. The lowest BCUT2D eigenvalue weighted by molar-refractivity contribution is -0.113. The first-order valence-electron chi connectivity index (χ1n) is 6.76. The summed E-state index contributed by atoms with van der Waals surface area (Å²) in [5.74, 6) is -1.27. The van der Waals surface area contributed by atoms with Gasteiger partial charge in [-0.3, -0.25) is 4.79 Å². The molecule has 0 saturated carbocycles. The molecule has 2 rings (SSSR count). The molecule has 2 aromatic carbocycles. The summed E-state index contributed by atoms with van der Waals surface area (Å²) in [4.78, 5) is 12.0. The Morgan fingerprint density at radius 3 is 2.52 bits per heavy atom. The third-order valence-corrected chi connectivity index (χ3v) is 5.90. The van der Waals surface area contributed by atoms with Crippen molar-refractivity contribution in [2.75, 3.05) is 11.1 Å². The minimum Gasteiger partial charge on any atom is -0.325 e. The van der Waals surface area contributed by atoms with E-state index < -0.39 is 21.5 Å². The van der Waals surface area contributed by atoms with Crippen LogP contribution in [0.4, 0.5) is 5.69 Å². The zero-order valence-electron chi connectivity index (χ0n) is 12.3. The largest absolute Gasteiger partial charge is 0.325 e. The number of hydrogen-bond donors (Lipinski definition) is 1. The molecule has 1 N–H and O–H groups in total. The van der Waals surface area contributed by atoms with E-state index in [0.717, 1.165) is 14.5 Å². The van der Waals surface area contributed by atoms with Crippen LogP contribution in [0.3, 0.4) is 0 Å². The molecule has 0 heterocycles. The Hall–Kier alpha value is -1.18. The normalized spacial score (nSPS) is 11.3. The van der Waals surface area contributed by atoms with E-state index in [1.165, 1.54) is 0 Å². The van der Waals surface area contributed by atoms with Gasteiger partial charge in [0, 0.05) is 14.6 Å². The topological polar surface area (TPSA) is 63.2 Å². The van der Waals surface area contributed by atoms with Crippen LogP contribution in [0.1, 0.15) is 11.1 Å². The van der Waals surface area contributed by atoms with Crippen LogP contribution in [0.25, 0.3) is 0 Å². The van der Waals surface area contributed by atoms with Crippen LogP contribution in [0.15, 0.2) is 51.4 Å². The number of hydrogen-bond acceptors (Lipinski definition) is 3. The predicted octanol–water partition coefficient (Wildman–Crippen LogP) is 4.07. The van der Waals surface area contributed by atoms with Crippen molar-refractivity contribution in [3.05, 3.63) is 62.5 Å². The maximum atomic E-state index is 12.1. The Kier molecular flexibility index (Phi) is 6.00. The van der Waals surface area contributed by atoms with Crippen molar-refractivity contribution < 1.29 is 13.2 Å². The Morgan fingerprint density at radius 1 is 1.13 bits per heavy atom. The molecule has 0 aromatic heterocycles. The second-order valence-electron chi connectivity index (χ2n) is 5.17. The molecule has 0 radical (unpaired) electrons. The molecule has 1 amide bonds. The van der Waals surface area contributed by atoms with Crippen molar-refractivity contribution >= 4 is 53.3 Å². The molecule has 0 aliphatic rings. The number of carbonyl (C=O) groups is 1. The molecule has 7 heteroatoms. The molecule has 0 fully saturated rings. The standard InChI is InChI=1S/C16H15Br2NO3S/c1-11-5-6-14(8-15(11)18)19-16(20)10-23(21,22)9-12-3-2-4-13(17)7-12/h2-8H,9-10H2,1H3,(H,19,20). The molecule has 0 unspecified atom stereocenters. The number of carbonyl (C=O) groups excluding carboxylic acids is 1. The van der Waals surface area contributed by atoms with Crippen LogP contribution in [0.5, 0.6) is 0 Å². The smallest absolute Gasteiger partial charge is 0.239 e. The van der Waals surface area contributed by atoms with Gasteiger partial charge in [-0.2, -0.15) is 0 Å². The maximum Gasteiger partial charge on any atom is 0.239 e. The highest BCUT2D eigenvalue weighted by Gasteiger charge is 2.18. The first kappa shape index (κ1) is 18.2. The summed E-state index contributed by atoms with van der Waals surface area (Å²) in [7, 11) is -3.53. The van der Waals surface area contributed by atoms with Gasteiger partial charge < -0.3 is 5.32 Å². The minimum atomic E-state index is -3.53. The van der Waals surface area contributed by atoms with E-state index >= 15 is 0 Å². The second-order valence-corrected chi connectivity index (χ2v) is 9.01. The molecule has 23 heavy (non-hydrogen) atoms. The van der Waals surface area contributed by atoms with Gasteiger partial charge in [0.1, 0.15) is 5.75 Å². The molecule has 4 nitrogen and oxygen atoms in total. The molecular weight excluding hydrogens is 446 g/mol. The van der Waals surface area contributed by atoms with E-state index in [1.54, 1.807) is 30.3 Å². The van der Waals surface area contributed by atoms with Gasteiger partial charge in [0.05, 0.1) is 5.75 Å². The Bertz CT molecular complexity index is 835. The van der Waals surface area contributed by atoms with Gasteiger partial charge >= 0.3 is 0 Å². The first-order valence-corrected chi connectivity index (χ1v) is 10.2. The van der Waals surface area contributed by atoms with E-state index in [9.17, 15) is 13.2 Å². The maximum absolute atomic E-state index is 12.1. The zero-order valence-corrected chi connectivity index (χ0v) is 16.3. The van der Waals surface area contributed by atoms with Crippen LogP contribution in [0, 0.1) is 6.92 Å². The summed E-state index contributed by atoms with van der Waals surface area (Å²) >= 11 is 6.67. The quantitative estimate of drug-likeness (QED) is 0.731. The SMILES string of the molecule is Cc1ccc(NC(=O)CS(=O)(=O)Cc2cccc(Br)c2)cc1Br. The number of rotatable bonds is 5. The highest BCUT2D eigenvalue weighted by Crippen LogP contribution is 2.21. The lowest BCUT2D eigenvalue weighted by atomic mass is 10.2. The van der Waals surface area contributed by atoms with E-state index in [1.807, 2.05) is 19.1 Å². The van der Waals surface area contributed by atoms with E-state index in [4.69, 9.17) is 0 Å². The number of anilines is 1. The summed E-state index contributed by atoms with van der Waals surface area (Å²) in [6.07, 6.45) is 0. The zero-order chi connectivity index (χ0) is 17.0. The highest BCUT2D eigenvalue weighted by atomic mass is 79.9. The van der Waals surface area contributed by atoms with Gasteiger partial charge in [-0.15, -0.1) is 0 Å². The molecule has 0 bridgehead atoms. The van der Waals surface area contributed by atoms with Gasteiger partial charge in [0.2, 0.25) is 5.91 Å². The average molecular weight is 461 g/mol. The van der Waals surface area contributed by atoms with Crippen molar-refractivity contribution in [2.45, 2.75) is 12.7 Å². The fourth-order valence-corrected chi connectivity index (χ4v) is 4.09. The van der Waals surface area contributed by atoms with Crippen LogP contribution >= 0.6 is 31.9 Å². The van der Waals surface area contributed by atoms with E-state index in [0.29, 0.717) is 11.3 Å². The molecule has 0 atom stereocenters. The summed E-state index contributed by atoms with van der Waals surface area (Å²) in [6, 6.07) is 12.4. The monoisotopic (exact) mass is 459 g/mol. The Labute approximate surface area is 152 Å². The molecule has 122 valence electrons. The minimum absolute atomic E-state index is 0.169. The average Bonchev–Trinajstić information content (AvgIpc) is 2.41. The number of aryl methyl sites for hydroxylation is 1. The molecule has 0 aliphatic carbocycles. The molecular formula is C16H15Br2NO3S. The van der Waals surface area contributed by atoms with E-state index in [2.05, 4.69) is 37.2 Å². The summed E-state index contributed by atoms with van der Waals surface area (Å²) in [6.45, 7) is 1.93. The Balaban J connectivity index is 2.02. The fourth-order valence-electron chi connectivity index (χ4n) is 2.00. The van der Waals surface area contributed by atoms with Crippen LogP contribution in [-0.4, -0.2) is 20.1 Å². The third kappa shape index (κ3) is 5.75. The third-order valence-electron chi connectivity index (χ3n) is 3.08.